The van der Waals surface area contributed by atoms with Gasteiger partial charge in [-0.1, -0.05) is 6.07 Å². The third kappa shape index (κ3) is 1.94. The number of amides is 1. The van der Waals surface area contributed by atoms with Gasteiger partial charge < -0.3 is 14.4 Å². The lowest BCUT2D eigenvalue weighted by Crippen LogP contribution is -2.50. The fourth-order valence-electron chi connectivity index (χ4n) is 2.65. The maximum absolute atomic E-state index is 12.6. The van der Waals surface area contributed by atoms with E-state index in [9.17, 15) is 4.79 Å². The van der Waals surface area contributed by atoms with E-state index in [1.807, 2.05) is 32.2 Å². The Morgan fingerprint density at radius 1 is 1.32 bits per heavy atom. The summed E-state index contributed by atoms with van der Waals surface area (Å²) in [5.74, 6) is 1.53. The van der Waals surface area contributed by atoms with Crippen LogP contribution in [0.15, 0.2) is 18.2 Å². The lowest BCUT2D eigenvalue weighted by molar-refractivity contribution is -0.135. The van der Waals surface area contributed by atoms with Crippen LogP contribution in [0.2, 0.25) is 0 Å². The van der Waals surface area contributed by atoms with Crippen LogP contribution in [0.4, 0.5) is 0 Å². The van der Waals surface area contributed by atoms with Crippen molar-refractivity contribution in [2.24, 2.45) is 0 Å². The van der Waals surface area contributed by atoms with Gasteiger partial charge >= 0.3 is 0 Å². The molecule has 19 heavy (non-hydrogen) atoms. The largest absolute Gasteiger partial charge is 0.454 e. The molecule has 2 aliphatic rings. The third-order valence-corrected chi connectivity index (χ3v) is 3.87. The summed E-state index contributed by atoms with van der Waals surface area (Å²) in [6.07, 6.45) is 0.961. The van der Waals surface area contributed by atoms with E-state index in [-0.39, 0.29) is 12.7 Å². The number of nitrogens with zero attached hydrogens (tertiary/aromatic N) is 1. The normalized spacial score (nSPS) is 26.4. The van der Waals surface area contributed by atoms with E-state index in [4.69, 9.17) is 9.47 Å². The van der Waals surface area contributed by atoms with Crippen molar-refractivity contribution in [1.29, 1.82) is 0 Å². The molecule has 3 rings (SSSR count). The fourth-order valence-corrected chi connectivity index (χ4v) is 2.65. The number of hydrogen-bond donors (Lipinski definition) is 1. The highest BCUT2D eigenvalue weighted by Gasteiger charge is 2.39. The van der Waals surface area contributed by atoms with Gasteiger partial charge in [-0.2, -0.15) is 0 Å². The molecule has 0 radical (unpaired) electrons. The van der Waals surface area contributed by atoms with Crippen LogP contribution in [0.1, 0.15) is 18.9 Å². The molecule has 2 aliphatic heterocycles. The van der Waals surface area contributed by atoms with Gasteiger partial charge in [-0.25, -0.2) is 0 Å². The van der Waals surface area contributed by atoms with Gasteiger partial charge in [0.25, 0.3) is 0 Å². The lowest BCUT2D eigenvalue weighted by atomic mass is 9.90. The second-order valence-corrected chi connectivity index (χ2v) is 5.20. The lowest BCUT2D eigenvalue weighted by Gasteiger charge is -2.31. The third-order valence-electron chi connectivity index (χ3n) is 3.87. The summed E-state index contributed by atoms with van der Waals surface area (Å²) in [4.78, 5) is 14.3. The van der Waals surface area contributed by atoms with Crippen molar-refractivity contribution < 1.29 is 14.3 Å². The maximum atomic E-state index is 12.6. The SMILES string of the molecule is CN1CCCNC(C)(c2ccc3c(c2)OCO3)C1=O. The number of carbonyl (C=O) groups excluding carboxylic acids is 1. The Balaban J connectivity index is 2.00. The van der Waals surface area contributed by atoms with Gasteiger partial charge in [0.15, 0.2) is 11.5 Å². The molecule has 0 spiro atoms. The van der Waals surface area contributed by atoms with E-state index in [0.717, 1.165) is 30.8 Å². The van der Waals surface area contributed by atoms with Gasteiger partial charge in [-0.15, -0.1) is 0 Å². The van der Waals surface area contributed by atoms with Crippen molar-refractivity contribution in [3.8, 4) is 11.5 Å². The summed E-state index contributed by atoms with van der Waals surface area (Å²) >= 11 is 0. The van der Waals surface area contributed by atoms with Crippen molar-refractivity contribution >= 4 is 5.91 Å². The second-order valence-electron chi connectivity index (χ2n) is 5.20. The predicted molar refractivity (Wildman–Crippen MR) is 70.2 cm³/mol. The van der Waals surface area contributed by atoms with E-state index in [1.165, 1.54) is 0 Å². The van der Waals surface area contributed by atoms with Gasteiger partial charge in [0.1, 0.15) is 5.54 Å². The molecule has 1 saturated heterocycles. The smallest absolute Gasteiger partial charge is 0.246 e. The first-order valence-corrected chi connectivity index (χ1v) is 6.52. The second kappa shape index (κ2) is 4.42. The first-order valence-electron chi connectivity index (χ1n) is 6.52. The number of benzene rings is 1. The first-order chi connectivity index (χ1) is 9.11. The highest BCUT2D eigenvalue weighted by molar-refractivity contribution is 5.87. The number of likely N-dealkylation sites (N-methyl/N-ethyl adjacent to an activating group) is 1. The van der Waals surface area contributed by atoms with Crippen molar-refractivity contribution in [3.63, 3.8) is 0 Å². The van der Waals surface area contributed by atoms with E-state index in [1.54, 1.807) is 4.90 Å². The van der Waals surface area contributed by atoms with Gasteiger partial charge in [0.05, 0.1) is 0 Å². The molecule has 1 aromatic rings. The molecule has 1 N–H and O–H groups in total. The molecule has 1 atom stereocenters. The summed E-state index contributed by atoms with van der Waals surface area (Å²) in [6, 6.07) is 5.69. The molecule has 0 saturated carbocycles. The Kier molecular flexibility index (Phi) is 2.86. The van der Waals surface area contributed by atoms with Crippen LogP contribution in [0.5, 0.6) is 11.5 Å². The van der Waals surface area contributed by atoms with Crippen molar-refractivity contribution in [1.82, 2.24) is 10.2 Å². The Labute approximate surface area is 112 Å². The molecule has 1 aromatic carbocycles. The number of nitrogens with one attached hydrogen (secondary N) is 1. The fraction of sp³-hybridized carbons (Fsp3) is 0.500. The Morgan fingerprint density at radius 2 is 2.11 bits per heavy atom. The maximum Gasteiger partial charge on any atom is 0.246 e. The minimum Gasteiger partial charge on any atom is -0.454 e. The van der Waals surface area contributed by atoms with Crippen LogP contribution < -0.4 is 14.8 Å². The van der Waals surface area contributed by atoms with Gasteiger partial charge in [-0.05, 0) is 37.6 Å². The predicted octanol–water partition coefficient (Wildman–Crippen LogP) is 1.08. The van der Waals surface area contributed by atoms with Crippen LogP contribution in [0.25, 0.3) is 0 Å². The average Bonchev–Trinajstić information content (AvgIpc) is 2.84. The van der Waals surface area contributed by atoms with Gasteiger partial charge in [0, 0.05) is 13.6 Å². The minimum atomic E-state index is -0.702. The molecule has 0 bridgehead atoms. The summed E-state index contributed by atoms with van der Waals surface area (Å²) in [7, 11) is 1.85. The van der Waals surface area contributed by atoms with Gasteiger partial charge in [0.2, 0.25) is 12.7 Å². The number of fused-ring (bicyclic) bond motifs is 1. The minimum absolute atomic E-state index is 0.0869. The Hall–Kier alpha value is -1.75. The monoisotopic (exact) mass is 262 g/mol. The van der Waals surface area contributed by atoms with E-state index in [2.05, 4.69) is 5.32 Å². The number of carbonyl (C=O) groups is 1. The Bertz CT molecular complexity index is 517. The topological polar surface area (TPSA) is 50.8 Å². The average molecular weight is 262 g/mol. The zero-order chi connectivity index (χ0) is 13.5. The van der Waals surface area contributed by atoms with Crippen LogP contribution in [-0.4, -0.2) is 37.7 Å². The van der Waals surface area contributed by atoms with E-state index < -0.39 is 5.54 Å². The molecule has 0 aromatic heterocycles. The molecule has 2 heterocycles. The zero-order valence-corrected chi connectivity index (χ0v) is 11.2. The van der Waals surface area contributed by atoms with Crippen molar-refractivity contribution in [2.45, 2.75) is 18.9 Å². The standard InChI is InChI=1S/C14H18N2O3/c1-14(13(17)16(2)7-3-6-15-14)10-4-5-11-12(8-10)19-9-18-11/h4-5,8,15H,3,6-7,9H2,1-2H3. The van der Waals surface area contributed by atoms with Crippen LogP contribution >= 0.6 is 0 Å². The molecule has 102 valence electrons. The molecule has 1 amide bonds. The summed E-state index contributed by atoms with van der Waals surface area (Å²) in [5, 5.41) is 3.36. The summed E-state index contributed by atoms with van der Waals surface area (Å²) < 4.78 is 10.7. The van der Waals surface area contributed by atoms with Crippen LogP contribution in [0, 0.1) is 0 Å². The highest BCUT2D eigenvalue weighted by atomic mass is 16.7. The molecule has 5 heteroatoms. The molecule has 1 unspecified atom stereocenters. The molecule has 1 fully saturated rings. The van der Waals surface area contributed by atoms with E-state index >= 15 is 0 Å². The highest BCUT2D eigenvalue weighted by Crippen LogP contribution is 2.36. The van der Waals surface area contributed by atoms with Crippen molar-refractivity contribution in [2.75, 3.05) is 26.9 Å². The molecule has 0 aliphatic carbocycles. The van der Waals surface area contributed by atoms with Crippen molar-refractivity contribution in [3.05, 3.63) is 23.8 Å². The molecular formula is C14H18N2O3. The first kappa shape index (κ1) is 12.3. The summed E-state index contributed by atoms with van der Waals surface area (Å²) in [6.45, 7) is 3.78. The number of hydrogen-bond acceptors (Lipinski definition) is 4. The van der Waals surface area contributed by atoms with E-state index in [0.29, 0.717) is 5.75 Å². The summed E-state index contributed by atoms with van der Waals surface area (Å²) in [5.41, 5.74) is 0.210. The number of ether oxygens (including phenoxy) is 2. The van der Waals surface area contributed by atoms with Crippen LogP contribution in [-0.2, 0) is 10.3 Å². The quantitative estimate of drug-likeness (QED) is 0.823. The Morgan fingerprint density at radius 3 is 2.95 bits per heavy atom. The molecule has 5 nitrogen and oxygen atoms in total. The van der Waals surface area contributed by atoms with Gasteiger partial charge in [-0.3, -0.25) is 10.1 Å². The molecular weight excluding hydrogens is 244 g/mol. The zero-order valence-electron chi connectivity index (χ0n) is 11.2. The number of rotatable bonds is 1. The van der Waals surface area contributed by atoms with Crippen LogP contribution in [0.3, 0.4) is 0 Å².